The molecule has 1 amide bonds. The van der Waals surface area contributed by atoms with Crippen LogP contribution in [0.4, 0.5) is 5.82 Å². The van der Waals surface area contributed by atoms with Crippen molar-refractivity contribution in [3.63, 3.8) is 0 Å². The Morgan fingerprint density at radius 3 is 2.94 bits per heavy atom. The first kappa shape index (κ1) is 18.7. The molecule has 3 unspecified atom stereocenters. The lowest BCUT2D eigenvalue weighted by molar-refractivity contribution is -0.116. The number of benzene rings is 2. The number of pyridine rings is 1. The van der Waals surface area contributed by atoms with Crippen molar-refractivity contribution in [3.8, 4) is 17.2 Å². The molecular weight excluding hydrogens is 416 g/mol. The third-order valence-electron chi connectivity index (χ3n) is 7.03. The van der Waals surface area contributed by atoms with Crippen LogP contribution in [0, 0.1) is 6.92 Å². The lowest BCUT2D eigenvalue weighted by atomic mass is 10.1. The Bertz CT molecular complexity index is 1470. The number of rotatable bonds is 3. The van der Waals surface area contributed by atoms with E-state index in [0.717, 1.165) is 39.7 Å². The summed E-state index contributed by atoms with van der Waals surface area (Å²) in [5.74, 6) is 4.59. The number of ether oxygens (including phenoxy) is 2. The first-order chi connectivity index (χ1) is 16.1. The minimum Gasteiger partial charge on any atom is -0.489 e. The predicted molar refractivity (Wildman–Crippen MR) is 123 cm³/mol. The van der Waals surface area contributed by atoms with E-state index in [1.807, 2.05) is 18.2 Å². The normalized spacial score (nSPS) is 22.2. The molecule has 2 aromatic carbocycles. The van der Waals surface area contributed by atoms with Gasteiger partial charge in [0.25, 0.3) is 0 Å². The van der Waals surface area contributed by atoms with E-state index in [9.17, 15) is 4.79 Å². The zero-order valence-electron chi connectivity index (χ0n) is 18.3. The van der Waals surface area contributed by atoms with Crippen molar-refractivity contribution in [1.82, 2.24) is 14.5 Å². The number of amides is 1. The fourth-order valence-corrected chi connectivity index (χ4v) is 5.31. The van der Waals surface area contributed by atoms with Crippen LogP contribution in [0.5, 0.6) is 17.2 Å². The largest absolute Gasteiger partial charge is 0.489 e. The van der Waals surface area contributed by atoms with Gasteiger partial charge in [-0.15, -0.1) is 0 Å². The summed E-state index contributed by atoms with van der Waals surface area (Å²) in [7, 11) is 2.09. The van der Waals surface area contributed by atoms with E-state index in [1.54, 1.807) is 6.20 Å². The fourth-order valence-electron chi connectivity index (χ4n) is 5.31. The summed E-state index contributed by atoms with van der Waals surface area (Å²) in [4.78, 5) is 20.9. The molecule has 0 radical (unpaired) electrons. The molecule has 7 nitrogen and oxygen atoms in total. The summed E-state index contributed by atoms with van der Waals surface area (Å²) in [6.07, 6.45) is 2.85. The Hall–Kier alpha value is -3.87. The molecule has 1 N–H and O–H groups in total. The molecule has 4 aromatic rings. The Balaban J connectivity index is 1.19. The first-order valence-electron chi connectivity index (χ1n) is 11.3. The number of carbonyl (C=O) groups excluding carboxylic acids is 1. The highest BCUT2D eigenvalue weighted by atomic mass is 16.5. The number of aromatic nitrogens is 3. The molecule has 4 heterocycles. The van der Waals surface area contributed by atoms with Crippen molar-refractivity contribution >= 4 is 22.8 Å². The topological polar surface area (TPSA) is 78.3 Å². The zero-order valence-corrected chi connectivity index (χ0v) is 18.3. The summed E-state index contributed by atoms with van der Waals surface area (Å²) in [5.41, 5.74) is 5.51. The lowest BCUT2D eigenvalue weighted by Crippen LogP contribution is -2.20. The molecule has 2 aliphatic heterocycles. The summed E-state index contributed by atoms with van der Waals surface area (Å²) in [5, 5.41) is 2.83. The van der Waals surface area contributed by atoms with Crippen molar-refractivity contribution in [2.24, 2.45) is 7.05 Å². The number of anilines is 1. The van der Waals surface area contributed by atoms with E-state index in [0.29, 0.717) is 18.7 Å². The number of carbonyl (C=O) groups is 1. The van der Waals surface area contributed by atoms with E-state index >= 15 is 0 Å². The van der Waals surface area contributed by atoms with Gasteiger partial charge in [0.1, 0.15) is 35.0 Å². The maximum atomic E-state index is 11.7. The maximum absolute atomic E-state index is 11.7. The molecule has 2 aromatic heterocycles. The highest BCUT2D eigenvalue weighted by Crippen LogP contribution is 2.63. The van der Waals surface area contributed by atoms with Gasteiger partial charge in [0.05, 0.1) is 17.0 Å². The highest BCUT2D eigenvalue weighted by molar-refractivity contribution is 5.93. The molecule has 0 spiro atoms. The van der Waals surface area contributed by atoms with Gasteiger partial charge in [-0.25, -0.2) is 9.97 Å². The molecule has 7 heteroatoms. The lowest BCUT2D eigenvalue weighted by Gasteiger charge is -2.19. The van der Waals surface area contributed by atoms with E-state index in [1.165, 1.54) is 11.1 Å². The zero-order chi connectivity index (χ0) is 22.3. The van der Waals surface area contributed by atoms with Crippen LogP contribution in [0.3, 0.4) is 0 Å². The van der Waals surface area contributed by atoms with Crippen molar-refractivity contribution in [2.45, 2.75) is 37.7 Å². The molecular formula is C26H22N4O3. The van der Waals surface area contributed by atoms with Crippen LogP contribution in [-0.4, -0.2) is 26.5 Å². The van der Waals surface area contributed by atoms with Crippen LogP contribution in [0.25, 0.3) is 11.0 Å². The smallest absolute Gasteiger partial charge is 0.225 e. The van der Waals surface area contributed by atoms with Gasteiger partial charge in [0.2, 0.25) is 5.91 Å². The first-order valence-corrected chi connectivity index (χ1v) is 11.3. The monoisotopic (exact) mass is 438 g/mol. The van der Waals surface area contributed by atoms with Crippen LogP contribution in [0.2, 0.25) is 0 Å². The molecule has 3 aliphatic rings. The van der Waals surface area contributed by atoms with E-state index in [2.05, 4.69) is 53.1 Å². The van der Waals surface area contributed by atoms with Crippen LogP contribution in [0.1, 0.15) is 40.8 Å². The Labute approximate surface area is 190 Å². The third kappa shape index (κ3) is 2.78. The summed E-state index contributed by atoms with van der Waals surface area (Å²) in [6.45, 7) is 2.10. The average Bonchev–Trinajstić information content (AvgIpc) is 3.23. The number of aryl methyl sites for hydroxylation is 2. The van der Waals surface area contributed by atoms with Crippen molar-refractivity contribution in [2.75, 3.05) is 5.32 Å². The van der Waals surface area contributed by atoms with Crippen molar-refractivity contribution in [3.05, 3.63) is 71.2 Å². The van der Waals surface area contributed by atoms with Gasteiger partial charge < -0.3 is 19.4 Å². The minimum absolute atomic E-state index is 0.00949. The second-order valence-electron chi connectivity index (χ2n) is 9.14. The number of hydrogen-bond acceptors (Lipinski definition) is 5. The maximum Gasteiger partial charge on any atom is 0.225 e. The minimum atomic E-state index is -0.00949. The molecule has 164 valence electrons. The fraction of sp³-hybridized carbons (Fsp3) is 0.269. The molecule has 0 saturated heterocycles. The number of imidazole rings is 1. The molecule has 1 aliphatic carbocycles. The van der Waals surface area contributed by atoms with Crippen LogP contribution in [-0.2, 0) is 18.3 Å². The Morgan fingerprint density at radius 2 is 2.03 bits per heavy atom. The standard InChI is InChI=1S/C26H22N4O3/c1-13-3-6-17-18(11-13)30(2)26(28-17)23-22-16-12-14(4-7-19(16)33-24(22)23)32-20-9-10-27-25-15(20)5-8-21(31)29-25/h3-4,6-7,9-12,22-24H,5,8H2,1-2H3,(H,27,29,31). The molecule has 1 saturated carbocycles. The number of hydrogen-bond donors (Lipinski definition) is 1. The molecule has 0 bridgehead atoms. The van der Waals surface area contributed by atoms with Gasteiger partial charge >= 0.3 is 0 Å². The molecule has 1 fully saturated rings. The van der Waals surface area contributed by atoms with Gasteiger partial charge in [-0.1, -0.05) is 6.07 Å². The van der Waals surface area contributed by atoms with Gasteiger partial charge in [0.15, 0.2) is 0 Å². The quantitative estimate of drug-likeness (QED) is 0.506. The molecule has 3 atom stereocenters. The van der Waals surface area contributed by atoms with E-state index in [-0.39, 0.29) is 23.8 Å². The SMILES string of the molecule is Cc1ccc2nc(C3C4Oc5ccc(Oc6ccnc7c6CCC(=O)N7)cc5C43)n(C)c2c1. The van der Waals surface area contributed by atoms with Crippen molar-refractivity contribution < 1.29 is 14.3 Å². The van der Waals surface area contributed by atoms with Crippen LogP contribution in [0.15, 0.2) is 48.7 Å². The number of nitrogens with zero attached hydrogens (tertiary/aromatic N) is 3. The molecule has 33 heavy (non-hydrogen) atoms. The predicted octanol–water partition coefficient (Wildman–Crippen LogP) is 4.60. The average molecular weight is 438 g/mol. The van der Waals surface area contributed by atoms with Gasteiger partial charge in [0, 0.05) is 36.7 Å². The van der Waals surface area contributed by atoms with Gasteiger partial charge in [-0.2, -0.15) is 0 Å². The van der Waals surface area contributed by atoms with Crippen LogP contribution >= 0.6 is 0 Å². The molecule has 7 rings (SSSR count). The summed E-state index contributed by atoms with van der Waals surface area (Å²) in [6, 6.07) is 14.2. The second-order valence-corrected chi connectivity index (χ2v) is 9.14. The summed E-state index contributed by atoms with van der Waals surface area (Å²) < 4.78 is 14.7. The Kier molecular flexibility index (Phi) is 3.72. The number of nitrogens with one attached hydrogen (secondary N) is 1. The summed E-state index contributed by atoms with van der Waals surface area (Å²) >= 11 is 0. The third-order valence-corrected chi connectivity index (χ3v) is 7.03. The van der Waals surface area contributed by atoms with E-state index < -0.39 is 0 Å². The van der Waals surface area contributed by atoms with Gasteiger partial charge in [-0.3, -0.25) is 4.79 Å². The second kappa shape index (κ2) is 6.57. The van der Waals surface area contributed by atoms with E-state index in [4.69, 9.17) is 14.5 Å². The van der Waals surface area contributed by atoms with Crippen LogP contribution < -0.4 is 14.8 Å². The Morgan fingerprint density at radius 1 is 1.12 bits per heavy atom. The van der Waals surface area contributed by atoms with Crippen molar-refractivity contribution in [1.29, 1.82) is 0 Å². The highest BCUT2D eigenvalue weighted by Gasteiger charge is 2.61. The number of fused-ring (bicyclic) bond motifs is 5. The van der Waals surface area contributed by atoms with Gasteiger partial charge in [-0.05, 0) is 55.3 Å².